The third kappa shape index (κ3) is 12.4. The number of carbonyl (C=O) groups is 7. The van der Waals surface area contributed by atoms with Gasteiger partial charge in [0.15, 0.2) is 0 Å². The molecule has 58 heavy (non-hydrogen) atoms. The van der Waals surface area contributed by atoms with E-state index in [0.29, 0.717) is 19.5 Å². The number of ketones is 1. The van der Waals surface area contributed by atoms with Crippen LogP contribution in [0.1, 0.15) is 110 Å². The number of likely N-dealkylation sites (N-methyl/N-ethyl adjacent to an activating group) is 1. The Morgan fingerprint density at radius 3 is 2.24 bits per heavy atom. The minimum Gasteiger partial charge on any atom is -0.344 e. The lowest BCUT2D eigenvalue weighted by Crippen LogP contribution is -2.63. The number of benzene rings is 1. The number of hydrogen-bond donors (Lipinski definition) is 4. The zero-order valence-electron chi connectivity index (χ0n) is 35.5. The number of aromatic nitrogens is 2. The van der Waals surface area contributed by atoms with Crippen molar-refractivity contribution in [2.24, 2.45) is 11.3 Å². The van der Waals surface area contributed by atoms with Crippen LogP contribution in [0.15, 0.2) is 48.9 Å². The molecule has 0 saturated carbocycles. The fourth-order valence-corrected chi connectivity index (χ4v) is 7.12. The quantitative estimate of drug-likeness (QED) is 0.0826. The van der Waals surface area contributed by atoms with Gasteiger partial charge in [-0.1, -0.05) is 91.6 Å². The van der Waals surface area contributed by atoms with E-state index in [9.17, 15) is 33.6 Å². The van der Waals surface area contributed by atoms with E-state index in [-0.39, 0.29) is 31.0 Å². The van der Waals surface area contributed by atoms with E-state index in [1.54, 1.807) is 32.6 Å². The molecule has 1 aliphatic heterocycles. The van der Waals surface area contributed by atoms with Gasteiger partial charge in [0, 0.05) is 31.9 Å². The van der Waals surface area contributed by atoms with Gasteiger partial charge in [0.1, 0.15) is 23.4 Å². The summed E-state index contributed by atoms with van der Waals surface area (Å²) in [7, 11) is 1.86. The Hall–Kier alpha value is -5.25. The van der Waals surface area contributed by atoms with Crippen molar-refractivity contribution in [3.05, 3.63) is 60.2 Å². The van der Waals surface area contributed by atoms with E-state index < -0.39 is 77.1 Å². The third-order valence-corrected chi connectivity index (χ3v) is 10.4. The van der Waals surface area contributed by atoms with Crippen LogP contribution in [0.25, 0.3) is 0 Å². The van der Waals surface area contributed by atoms with Gasteiger partial charge in [0.25, 0.3) is 11.8 Å². The monoisotopic (exact) mass is 805 g/mol. The van der Waals surface area contributed by atoms with Crippen LogP contribution >= 0.6 is 0 Å². The molecular formula is C42H63N9O7. The van der Waals surface area contributed by atoms with Crippen LogP contribution in [0, 0.1) is 11.3 Å². The Labute approximate surface area is 342 Å². The summed E-state index contributed by atoms with van der Waals surface area (Å²) in [6.45, 7) is 15.2. The number of carbonyl (C=O) groups excluding carboxylic acids is 7. The summed E-state index contributed by atoms with van der Waals surface area (Å²) in [6.07, 6.45) is 7.03. The van der Waals surface area contributed by atoms with Crippen molar-refractivity contribution in [1.29, 1.82) is 0 Å². The topological polar surface area (TPSA) is 203 Å². The van der Waals surface area contributed by atoms with Gasteiger partial charge in [-0.2, -0.15) is 0 Å². The van der Waals surface area contributed by atoms with Crippen molar-refractivity contribution in [3.8, 4) is 0 Å². The van der Waals surface area contributed by atoms with E-state index in [2.05, 4.69) is 31.2 Å². The summed E-state index contributed by atoms with van der Waals surface area (Å²) in [5, 5.41) is 10.8. The molecule has 3 rings (SSSR count). The molecule has 1 saturated heterocycles. The van der Waals surface area contributed by atoms with Crippen LogP contribution in [-0.2, 0) is 28.8 Å². The molecule has 0 radical (unpaired) electrons. The minimum atomic E-state index is -1.21. The lowest BCUT2D eigenvalue weighted by molar-refractivity contribution is -0.146. The predicted molar refractivity (Wildman–Crippen MR) is 219 cm³/mol. The maximum absolute atomic E-state index is 14.9. The lowest BCUT2D eigenvalue weighted by atomic mass is 9.85. The molecule has 0 bridgehead atoms. The molecular weight excluding hydrogens is 743 g/mol. The Balaban J connectivity index is 2.01. The maximum atomic E-state index is 14.9. The van der Waals surface area contributed by atoms with Gasteiger partial charge < -0.3 is 31.1 Å². The molecule has 1 fully saturated rings. The molecule has 6 amide bonds. The molecule has 4 N–H and O–H groups in total. The molecule has 16 heteroatoms. The Bertz CT molecular complexity index is 1720. The molecule has 16 nitrogen and oxygen atoms in total. The summed E-state index contributed by atoms with van der Waals surface area (Å²) in [5.41, 5.74) is -1.21. The van der Waals surface area contributed by atoms with Crippen LogP contribution in [0.2, 0.25) is 0 Å². The Kier molecular flexibility index (Phi) is 17.5. The molecule has 1 aromatic carbocycles. The fraction of sp³-hybridized carbons (Fsp3) is 0.595. The average molecular weight is 806 g/mol. The summed E-state index contributed by atoms with van der Waals surface area (Å²) in [5.74, 6) is -4.17. The first kappa shape index (κ1) is 47.1. The molecule has 1 aliphatic rings. The van der Waals surface area contributed by atoms with Crippen molar-refractivity contribution < 1.29 is 33.6 Å². The summed E-state index contributed by atoms with van der Waals surface area (Å²) >= 11 is 0. The van der Waals surface area contributed by atoms with Crippen molar-refractivity contribution in [1.82, 2.24) is 45.9 Å². The molecule has 2 heterocycles. The predicted octanol–water partition coefficient (Wildman–Crippen LogP) is 2.61. The third-order valence-electron chi connectivity index (χ3n) is 10.4. The molecule has 5 atom stereocenters. The lowest BCUT2D eigenvalue weighted by Gasteiger charge is -2.46. The number of nitrogens with one attached hydrogen (secondary N) is 4. The van der Waals surface area contributed by atoms with E-state index in [0.717, 1.165) is 24.8 Å². The second-order valence-electron chi connectivity index (χ2n) is 16.6. The fourth-order valence-electron chi connectivity index (χ4n) is 7.12. The number of amides is 6. The van der Waals surface area contributed by atoms with E-state index >= 15 is 0 Å². The largest absolute Gasteiger partial charge is 0.344 e. The van der Waals surface area contributed by atoms with Gasteiger partial charge in [-0.05, 0) is 43.7 Å². The number of rotatable bonds is 21. The number of likely N-dealkylation sites (tertiary alicyclic amines) is 1. The van der Waals surface area contributed by atoms with Gasteiger partial charge in [0.2, 0.25) is 29.9 Å². The Morgan fingerprint density at radius 2 is 1.67 bits per heavy atom. The molecule has 318 valence electrons. The van der Waals surface area contributed by atoms with Crippen LogP contribution in [0.4, 0.5) is 0 Å². The van der Waals surface area contributed by atoms with E-state index in [1.165, 1.54) is 23.5 Å². The zero-order valence-corrected chi connectivity index (χ0v) is 35.5. The standard InChI is InChI=1S/C42H63N9O7/c1-10-12-21-49(9)42(50(27-52)25-28(3)4)22-33(38(56)47-31(16-11-2)35(54)39(57)46-29(5)30-17-14-13-15-18-30)51(26-42)40(58)36(41(6,7)8)48-34(53)24-45-37(55)32-23-43-19-20-44-32/h13-15,17-20,23,27-29,31,33,36H,10-12,16,21-22,24-26H2,1-9H3,(H,45,55)(H,46,57)(H,47,56)(H,48,53)/t29-,31?,33-,36+,42?/m0/s1. The van der Waals surface area contributed by atoms with Crippen molar-refractivity contribution in [2.45, 2.75) is 117 Å². The summed E-state index contributed by atoms with van der Waals surface area (Å²) < 4.78 is 0. The van der Waals surface area contributed by atoms with Crippen molar-refractivity contribution in [3.63, 3.8) is 0 Å². The van der Waals surface area contributed by atoms with Crippen molar-refractivity contribution in [2.75, 3.05) is 33.2 Å². The van der Waals surface area contributed by atoms with Gasteiger partial charge in [-0.25, -0.2) is 4.98 Å². The maximum Gasteiger partial charge on any atom is 0.290 e. The highest BCUT2D eigenvalue weighted by atomic mass is 16.2. The summed E-state index contributed by atoms with van der Waals surface area (Å²) in [4.78, 5) is 108. The molecule has 0 spiro atoms. The number of hydrogen-bond acceptors (Lipinski definition) is 10. The normalized spacial score (nSPS) is 18.2. The van der Waals surface area contributed by atoms with E-state index in [4.69, 9.17) is 0 Å². The number of Topliss-reactive ketones (excluding diaryl/α,β-unsaturated/α-hetero) is 1. The van der Waals surface area contributed by atoms with Gasteiger partial charge in [0.05, 0.1) is 31.4 Å². The smallest absolute Gasteiger partial charge is 0.290 e. The molecule has 2 unspecified atom stereocenters. The first-order valence-electron chi connectivity index (χ1n) is 20.2. The van der Waals surface area contributed by atoms with E-state index in [1.807, 2.05) is 70.0 Å². The molecule has 1 aromatic heterocycles. The van der Waals surface area contributed by atoms with Gasteiger partial charge in [-0.3, -0.25) is 43.4 Å². The highest BCUT2D eigenvalue weighted by molar-refractivity contribution is 6.38. The van der Waals surface area contributed by atoms with Crippen molar-refractivity contribution >= 4 is 41.7 Å². The first-order valence-corrected chi connectivity index (χ1v) is 20.2. The Morgan fingerprint density at radius 1 is 0.983 bits per heavy atom. The average Bonchev–Trinajstić information content (AvgIpc) is 3.61. The second-order valence-corrected chi connectivity index (χ2v) is 16.6. The van der Waals surface area contributed by atoms with Crippen LogP contribution in [0.5, 0.6) is 0 Å². The number of nitrogens with zero attached hydrogens (tertiary/aromatic N) is 5. The second kappa shape index (κ2) is 21.5. The molecule has 0 aliphatic carbocycles. The number of unbranched alkanes of at least 4 members (excludes halogenated alkanes) is 1. The highest BCUT2D eigenvalue weighted by Crippen LogP contribution is 2.37. The SMILES string of the molecule is CCCCN(C)C1(N(C=O)CC(C)C)C[C@@H](C(=O)NC(CCC)C(=O)C(=O)N[C@@H](C)c2ccccc2)N(C(=O)[C@@H](NC(=O)CNC(=O)c2cnccn2)C(C)(C)C)C1. The van der Waals surface area contributed by atoms with Gasteiger partial charge in [-0.15, -0.1) is 0 Å². The summed E-state index contributed by atoms with van der Waals surface area (Å²) in [6, 6.07) is 5.12. The van der Waals surface area contributed by atoms with Crippen LogP contribution < -0.4 is 21.3 Å². The van der Waals surface area contributed by atoms with Gasteiger partial charge >= 0.3 is 0 Å². The highest BCUT2D eigenvalue weighted by Gasteiger charge is 2.56. The molecule has 2 aromatic rings. The van der Waals surface area contributed by atoms with Crippen LogP contribution in [0.3, 0.4) is 0 Å². The first-order chi connectivity index (χ1) is 27.4. The van der Waals surface area contributed by atoms with Crippen LogP contribution in [-0.4, -0.2) is 123 Å². The zero-order chi connectivity index (χ0) is 43.2. The minimum absolute atomic E-state index is 0.000497.